The number of hydrogen-bond acceptors (Lipinski definition) is 3. The third kappa shape index (κ3) is 5.44. The van der Waals surface area contributed by atoms with Crippen LogP contribution in [0, 0.1) is 29.5 Å². The van der Waals surface area contributed by atoms with E-state index in [-0.39, 0.29) is 17.0 Å². The van der Waals surface area contributed by atoms with Gasteiger partial charge in [0, 0.05) is 39.5 Å². The van der Waals surface area contributed by atoms with Crippen molar-refractivity contribution in [2.24, 2.45) is 0 Å². The van der Waals surface area contributed by atoms with E-state index in [1.165, 1.54) is 41.0 Å². The largest absolute Gasteiger partial charge is 0.311 e. The summed E-state index contributed by atoms with van der Waals surface area (Å²) in [5.74, 6) is -0.614. The van der Waals surface area contributed by atoms with Crippen LogP contribution < -0.4 is 9.80 Å². The first-order valence-electron chi connectivity index (χ1n) is 16.6. The molecule has 7 aromatic rings. The van der Waals surface area contributed by atoms with E-state index in [1.54, 1.807) is 48.5 Å². The van der Waals surface area contributed by atoms with Crippen LogP contribution in [0.4, 0.5) is 48.6 Å². The highest BCUT2D eigenvalue weighted by atomic mass is 19.1. The molecule has 0 saturated carbocycles. The summed E-state index contributed by atoms with van der Waals surface area (Å²) in [5.41, 5.74) is 10.7. The zero-order valence-corrected chi connectivity index (χ0v) is 27.9. The number of benzene rings is 7. The van der Waals surface area contributed by atoms with E-state index in [2.05, 4.69) is 83.1 Å². The fourth-order valence-electron chi connectivity index (χ4n) is 7.35. The minimum Gasteiger partial charge on any atom is -0.311 e. The Bertz CT molecular complexity index is 2530. The summed E-state index contributed by atoms with van der Waals surface area (Å²) >= 11 is 0. The molecule has 0 heterocycles. The van der Waals surface area contributed by atoms with Crippen molar-refractivity contribution in [2.75, 3.05) is 9.80 Å². The van der Waals surface area contributed by atoms with Crippen LogP contribution in [0.1, 0.15) is 30.5 Å². The molecule has 1 aliphatic rings. The Balaban J connectivity index is 1.23. The van der Waals surface area contributed by atoms with Crippen molar-refractivity contribution in [3.63, 3.8) is 0 Å². The number of halogens is 2. The molecule has 0 unspecified atom stereocenters. The molecule has 6 heteroatoms. The minimum atomic E-state index is -0.353. The molecule has 0 saturated heterocycles. The molecule has 0 amide bonds. The molecular formula is C45H30F2N4. The fraction of sp³-hybridized carbons (Fsp3) is 0.0667. The molecule has 0 aromatic heterocycles. The Hall–Kier alpha value is -6.76. The van der Waals surface area contributed by atoms with Crippen molar-refractivity contribution in [2.45, 2.75) is 19.3 Å². The van der Waals surface area contributed by atoms with E-state index in [0.717, 1.165) is 50.5 Å². The molecule has 8 rings (SSSR count). The normalized spacial score (nSPS) is 12.4. The van der Waals surface area contributed by atoms with Crippen molar-refractivity contribution in [3.05, 3.63) is 185 Å². The number of nitriles is 1. The molecule has 0 bridgehead atoms. The van der Waals surface area contributed by atoms with Crippen LogP contribution in [0.15, 0.2) is 146 Å². The van der Waals surface area contributed by atoms with Crippen LogP contribution in [0.2, 0.25) is 0 Å². The van der Waals surface area contributed by atoms with Crippen molar-refractivity contribution < 1.29 is 8.78 Å². The molecule has 1 aliphatic carbocycles. The highest BCUT2D eigenvalue weighted by molar-refractivity contribution is 6.00. The van der Waals surface area contributed by atoms with Gasteiger partial charge in [-0.15, -0.1) is 0 Å². The zero-order chi connectivity index (χ0) is 35.3. The number of nitrogens with zero attached hydrogens (tertiary/aromatic N) is 4. The lowest BCUT2D eigenvalue weighted by atomic mass is 9.80. The van der Waals surface area contributed by atoms with Crippen molar-refractivity contribution >= 4 is 50.6 Å². The van der Waals surface area contributed by atoms with Gasteiger partial charge < -0.3 is 9.80 Å². The van der Waals surface area contributed by atoms with Crippen LogP contribution in [-0.2, 0) is 5.41 Å². The predicted molar refractivity (Wildman–Crippen MR) is 202 cm³/mol. The van der Waals surface area contributed by atoms with E-state index < -0.39 is 0 Å². The van der Waals surface area contributed by atoms with Crippen LogP contribution in [-0.4, -0.2) is 0 Å². The number of rotatable bonds is 6. The third-order valence-electron chi connectivity index (χ3n) is 9.77. The van der Waals surface area contributed by atoms with Gasteiger partial charge in [-0.1, -0.05) is 50.2 Å². The van der Waals surface area contributed by atoms with Gasteiger partial charge in [-0.25, -0.2) is 13.6 Å². The first-order chi connectivity index (χ1) is 24.7. The number of fused-ring (bicyclic) bond motifs is 5. The molecule has 0 N–H and O–H groups in total. The Labute approximate surface area is 295 Å². The second kappa shape index (κ2) is 12.3. The molecule has 244 valence electrons. The Kier molecular flexibility index (Phi) is 7.59. The topological polar surface area (TPSA) is 34.6 Å². The lowest BCUT2D eigenvalue weighted by molar-refractivity contribution is 0.627. The highest BCUT2D eigenvalue weighted by Gasteiger charge is 2.37. The van der Waals surface area contributed by atoms with Crippen LogP contribution in [0.5, 0.6) is 0 Å². The lowest BCUT2D eigenvalue weighted by Gasteiger charge is -2.29. The van der Waals surface area contributed by atoms with Gasteiger partial charge in [-0.3, -0.25) is 0 Å². The van der Waals surface area contributed by atoms with Gasteiger partial charge in [0.2, 0.25) is 0 Å². The summed E-state index contributed by atoms with van der Waals surface area (Å²) in [6.07, 6.45) is 0. The van der Waals surface area contributed by atoms with E-state index in [0.29, 0.717) is 11.3 Å². The maximum absolute atomic E-state index is 14.0. The second-order valence-electron chi connectivity index (χ2n) is 13.2. The maximum Gasteiger partial charge on any atom is 0.187 e. The summed E-state index contributed by atoms with van der Waals surface area (Å²) < 4.78 is 28.0. The lowest BCUT2D eigenvalue weighted by Crippen LogP contribution is -2.17. The van der Waals surface area contributed by atoms with Crippen LogP contribution >= 0.6 is 0 Å². The summed E-state index contributed by atoms with van der Waals surface area (Å²) in [6.45, 7) is 11.9. The summed E-state index contributed by atoms with van der Waals surface area (Å²) in [5, 5.41) is 11.6. The monoisotopic (exact) mass is 664 g/mol. The summed E-state index contributed by atoms with van der Waals surface area (Å²) in [7, 11) is 0. The molecule has 0 fully saturated rings. The summed E-state index contributed by atoms with van der Waals surface area (Å²) in [6, 6.07) is 47.1. The molecule has 4 nitrogen and oxygen atoms in total. The third-order valence-corrected chi connectivity index (χ3v) is 9.77. The first kappa shape index (κ1) is 31.5. The van der Waals surface area contributed by atoms with E-state index in [1.807, 2.05) is 24.3 Å². The van der Waals surface area contributed by atoms with Crippen molar-refractivity contribution in [1.82, 2.24) is 0 Å². The van der Waals surface area contributed by atoms with Crippen molar-refractivity contribution in [3.8, 4) is 17.2 Å². The highest BCUT2D eigenvalue weighted by Crippen LogP contribution is 2.53. The van der Waals surface area contributed by atoms with Gasteiger partial charge in [0.15, 0.2) is 5.69 Å². The average Bonchev–Trinajstić information content (AvgIpc) is 3.39. The predicted octanol–water partition coefficient (Wildman–Crippen LogP) is 12.8. The van der Waals surface area contributed by atoms with Gasteiger partial charge >= 0.3 is 0 Å². The van der Waals surface area contributed by atoms with Gasteiger partial charge in [0.05, 0.1) is 18.2 Å². The number of hydrogen-bond donors (Lipinski definition) is 0. The molecular weight excluding hydrogens is 635 g/mol. The Morgan fingerprint density at radius 2 is 1.04 bits per heavy atom. The number of anilines is 6. The standard InChI is InChI=1S/C45H30F2N4/c1-45(2)43-27-39(51(36-17-9-32(47)10-18-36)37-19-11-33(49-3)12-20-37)22-25-41(43)42-23-6-30-26-38(21-24-40(30)44(42)45)50(35-15-7-31(46)8-16-35)34-13-4-29(28-48)5-14-34/h4-27H,1-2H3. The fourth-order valence-corrected chi connectivity index (χ4v) is 7.35. The molecule has 0 radical (unpaired) electrons. The molecule has 0 aliphatic heterocycles. The smallest absolute Gasteiger partial charge is 0.187 e. The Morgan fingerprint density at radius 1 is 0.569 bits per heavy atom. The van der Waals surface area contributed by atoms with E-state index in [9.17, 15) is 14.0 Å². The van der Waals surface area contributed by atoms with Gasteiger partial charge in [0.1, 0.15) is 11.6 Å². The SMILES string of the molecule is [C-]#[N+]c1ccc(N(c2ccc(F)cc2)c2ccc3c(c2)C(C)(C)c2c-3ccc3cc(N(c4ccc(F)cc4)c4ccc(C#N)cc4)ccc23)cc1. The molecule has 51 heavy (non-hydrogen) atoms. The van der Waals surface area contributed by atoms with Gasteiger partial charge in [0.25, 0.3) is 0 Å². The molecule has 0 atom stereocenters. The van der Waals surface area contributed by atoms with E-state index in [4.69, 9.17) is 6.57 Å². The summed E-state index contributed by atoms with van der Waals surface area (Å²) in [4.78, 5) is 7.70. The minimum absolute atomic E-state index is 0.305. The molecule has 0 spiro atoms. The molecule has 7 aromatic carbocycles. The van der Waals surface area contributed by atoms with Gasteiger partial charge in [-0.05, 0) is 142 Å². The van der Waals surface area contributed by atoms with Crippen LogP contribution in [0.25, 0.3) is 26.7 Å². The van der Waals surface area contributed by atoms with Gasteiger partial charge in [-0.2, -0.15) is 5.26 Å². The maximum atomic E-state index is 14.0. The quantitative estimate of drug-likeness (QED) is 0.166. The second-order valence-corrected chi connectivity index (χ2v) is 13.2. The van der Waals surface area contributed by atoms with E-state index >= 15 is 0 Å². The first-order valence-corrected chi connectivity index (χ1v) is 16.6. The Morgan fingerprint density at radius 3 is 1.59 bits per heavy atom. The van der Waals surface area contributed by atoms with Crippen LogP contribution in [0.3, 0.4) is 0 Å². The zero-order valence-electron chi connectivity index (χ0n) is 27.9. The van der Waals surface area contributed by atoms with Crippen molar-refractivity contribution in [1.29, 1.82) is 5.26 Å². The average molecular weight is 665 g/mol.